The van der Waals surface area contributed by atoms with E-state index in [0.717, 1.165) is 0 Å². The van der Waals surface area contributed by atoms with Gasteiger partial charge in [-0.1, -0.05) is 24.3 Å². The van der Waals surface area contributed by atoms with Crippen molar-refractivity contribution in [1.82, 2.24) is 29.9 Å². The zero-order valence-corrected chi connectivity index (χ0v) is 29.9. The average molecular weight is 721 g/mol. The highest BCUT2D eigenvalue weighted by atomic mass is 16.2. The van der Waals surface area contributed by atoms with E-state index < -0.39 is 0 Å². The number of nitrogens with one attached hydrogen (secondary N) is 4. The molecule has 5 rings (SSSR count). The number of hydrogen-bond donors (Lipinski definition) is 4. The molecule has 0 saturated carbocycles. The molecule has 0 aliphatic rings. The summed E-state index contributed by atoms with van der Waals surface area (Å²) in [6.07, 6.45) is 27.2. The molecule has 0 fully saturated rings. The van der Waals surface area contributed by atoms with Gasteiger partial charge in [-0.25, -0.2) is 9.97 Å². The largest absolute Gasteiger partial charge is 0.325 e. The summed E-state index contributed by atoms with van der Waals surface area (Å²) < 4.78 is 0. The smallest absolute Gasteiger partial charge is 0.221 e. The zero-order valence-electron chi connectivity index (χ0n) is 29.9. The maximum absolute atomic E-state index is 11.7. The van der Waals surface area contributed by atoms with Crippen LogP contribution < -0.4 is 21.3 Å². The van der Waals surface area contributed by atoms with Gasteiger partial charge in [0.05, 0.1) is 70.3 Å². The number of amides is 4. The number of nitrogens with zero attached hydrogens (tertiary/aromatic N) is 6. The lowest BCUT2D eigenvalue weighted by atomic mass is 10.1. The van der Waals surface area contributed by atoms with Crippen molar-refractivity contribution in [3.05, 3.63) is 119 Å². The quantitative estimate of drug-likeness (QED) is 0.109. The highest BCUT2D eigenvalue weighted by Gasteiger charge is 2.10. The van der Waals surface area contributed by atoms with E-state index in [2.05, 4.69) is 41.2 Å². The van der Waals surface area contributed by atoms with Crippen molar-refractivity contribution >= 4 is 95.0 Å². The van der Waals surface area contributed by atoms with Gasteiger partial charge in [0.1, 0.15) is 0 Å². The lowest BCUT2D eigenvalue weighted by Gasteiger charge is -2.08. The van der Waals surface area contributed by atoms with Crippen LogP contribution in [0.2, 0.25) is 0 Å². The Morgan fingerprint density at radius 2 is 0.593 bits per heavy atom. The van der Waals surface area contributed by atoms with Crippen LogP contribution in [0.5, 0.6) is 0 Å². The minimum atomic E-state index is -0.219. The summed E-state index contributed by atoms with van der Waals surface area (Å²) in [5.41, 5.74) is 6.98. The van der Waals surface area contributed by atoms with E-state index in [1.165, 1.54) is 27.7 Å². The van der Waals surface area contributed by atoms with Gasteiger partial charge in [0.25, 0.3) is 0 Å². The van der Waals surface area contributed by atoms with Crippen molar-refractivity contribution < 1.29 is 19.2 Å². The number of aromatic nitrogens is 6. The van der Waals surface area contributed by atoms with E-state index in [4.69, 9.17) is 9.97 Å². The van der Waals surface area contributed by atoms with Crippen LogP contribution >= 0.6 is 0 Å². The van der Waals surface area contributed by atoms with Gasteiger partial charge in [-0.2, -0.15) is 0 Å². The first-order valence-corrected chi connectivity index (χ1v) is 16.5. The molecule has 5 aromatic heterocycles. The fourth-order valence-electron chi connectivity index (χ4n) is 4.96. The third-order valence-corrected chi connectivity index (χ3v) is 7.06. The Balaban J connectivity index is 1.63. The number of pyridine rings is 4. The molecule has 270 valence electrons. The number of carbonyl (C=O) groups is 4. The lowest BCUT2D eigenvalue weighted by Crippen LogP contribution is -2.06. The van der Waals surface area contributed by atoms with Crippen LogP contribution in [0.3, 0.4) is 0 Å². The van der Waals surface area contributed by atoms with Crippen LogP contribution in [0, 0.1) is 0 Å². The molecule has 4 N–H and O–H groups in total. The van der Waals surface area contributed by atoms with E-state index >= 15 is 0 Å². The van der Waals surface area contributed by atoms with Gasteiger partial charge in [0.15, 0.2) is 0 Å². The van der Waals surface area contributed by atoms with Crippen LogP contribution in [0.15, 0.2) is 73.8 Å². The SMILES string of the molecule is CC(=O)Nc1cncc(C=Cc2nc(C=Cc3cncc(NC(C)=O)c3)c(C=Cc3cncc(NC(C)=O)c3)nc2C=Cc2cncc(NC(C)=O)c2)c1. The fraction of sp³-hybridized carbons (Fsp3) is 0.100. The van der Waals surface area contributed by atoms with Crippen molar-refractivity contribution in [2.45, 2.75) is 27.7 Å². The molecule has 5 aromatic rings. The Bertz CT molecular complexity index is 2010. The molecule has 5 heterocycles. The predicted molar refractivity (Wildman–Crippen MR) is 212 cm³/mol. The second-order valence-electron chi connectivity index (χ2n) is 11.9. The molecule has 0 saturated heterocycles. The standard InChI is InChI=1S/C40H36N10O4/c1-25(51)45-33-13-29(17-41-21-33)5-9-37-38(10-6-30-14-34(22-42-18-30)46-26(2)52)50-40(12-8-32-16-36(24-44-20-32)48-28(4)54)39(49-37)11-7-31-15-35(23-43-19-31)47-27(3)53/h5-24H,1-4H3,(H,45,51)(H,46,52)(H,47,53)(H,48,54). The normalized spacial score (nSPS) is 11.3. The lowest BCUT2D eigenvalue weighted by molar-refractivity contribution is -0.115. The van der Waals surface area contributed by atoms with Gasteiger partial charge >= 0.3 is 0 Å². The maximum Gasteiger partial charge on any atom is 0.221 e. The maximum atomic E-state index is 11.7. The van der Waals surface area contributed by atoms with E-state index in [-0.39, 0.29) is 23.6 Å². The highest BCUT2D eigenvalue weighted by Crippen LogP contribution is 2.22. The van der Waals surface area contributed by atoms with E-state index in [1.54, 1.807) is 98.1 Å². The van der Waals surface area contributed by atoms with Gasteiger partial charge in [-0.05, 0) is 70.8 Å². The molecule has 54 heavy (non-hydrogen) atoms. The van der Waals surface area contributed by atoms with Crippen LogP contribution in [0.1, 0.15) is 72.7 Å². The van der Waals surface area contributed by atoms with Gasteiger partial charge in [0, 0.05) is 52.5 Å². The Labute approximate surface area is 311 Å². The Morgan fingerprint density at radius 1 is 0.370 bits per heavy atom. The molecule has 0 bridgehead atoms. The molecule has 0 aromatic carbocycles. The van der Waals surface area contributed by atoms with Crippen molar-refractivity contribution in [3.63, 3.8) is 0 Å². The van der Waals surface area contributed by atoms with E-state index in [9.17, 15) is 19.2 Å². The molecular formula is C40H36N10O4. The first-order valence-electron chi connectivity index (χ1n) is 16.5. The first kappa shape index (κ1) is 37.8. The van der Waals surface area contributed by atoms with Gasteiger partial charge in [-0.15, -0.1) is 0 Å². The molecule has 4 amide bonds. The molecule has 0 aliphatic carbocycles. The molecule has 0 aliphatic heterocycles. The van der Waals surface area contributed by atoms with Crippen LogP contribution in [-0.2, 0) is 19.2 Å². The Morgan fingerprint density at radius 3 is 0.796 bits per heavy atom. The second-order valence-corrected chi connectivity index (χ2v) is 11.9. The fourth-order valence-corrected chi connectivity index (χ4v) is 4.96. The number of rotatable bonds is 12. The average Bonchev–Trinajstić information content (AvgIpc) is 3.11. The van der Waals surface area contributed by atoms with Gasteiger partial charge in [0.2, 0.25) is 23.6 Å². The summed E-state index contributed by atoms with van der Waals surface area (Å²) in [5.74, 6) is -0.875. The van der Waals surface area contributed by atoms with Crippen LogP contribution in [0.25, 0.3) is 48.6 Å². The van der Waals surface area contributed by atoms with Crippen molar-refractivity contribution in [3.8, 4) is 0 Å². The summed E-state index contributed by atoms with van der Waals surface area (Å²) >= 11 is 0. The van der Waals surface area contributed by atoms with Crippen LogP contribution in [0.4, 0.5) is 22.7 Å². The topological polar surface area (TPSA) is 194 Å². The van der Waals surface area contributed by atoms with Gasteiger partial charge in [-0.3, -0.25) is 39.1 Å². The van der Waals surface area contributed by atoms with E-state index in [0.29, 0.717) is 67.8 Å². The van der Waals surface area contributed by atoms with Crippen molar-refractivity contribution in [2.75, 3.05) is 21.3 Å². The van der Waals surface area contributed by atoms with Crippen LogP contribution in [-0.4, -0.2) is 53.5 Å². The monoisotopic (exact) mass is 720 g/mol. The Kier molecular flexibility index (Phi) is 12.7. The molecule has 14 nitrogen and oxygen atoms in total. The highest BCUT2D eigenvalue weighted by molar-refractivity contribution is 5.91. The summed E-state index contributed by atoms with van der Waals surface area (Å²) in [7, 11) is 0. The van der Waals surface area contributed by atoms with E-state index in [1.807, 2.05) is 24.3 Å². The van der Waals surface area contributed by atoms with Crippen molar-refractivity contribution in [2.24, 2.45) is 0 Å². The predicted octanol–water partition coefficient (Wildman–Crippen LogP) is 6.57. The summed E-state index contributed by atoms with van der Waals surface area (Å²) in [6.45, 7) is 5.69. The molecule has 0 spiro atoms. The third kappa shape index (κ3) is 11.8. The van der Waals surface area contributed by atoms with Gasteiger partial charge < -0.3 is 21.3 Å². The minimum absolute atomic E-state index is 0.219. The second kappa shape index (κ2) is 18.1. The minimum Gasteiger partial charge on any atom is -0.325 e. The number of anilines is 4. The molecule has 0 radical (unpaired) electrons. The number of carbonyl (C=O) groups excluding carboxylic acids is 4. The molecule has 14 heteroatoms. The molecule has 0 atom stereocenters. The summed E-state index contributed by atoms with van der Waals surface area (Å²) in [4.78, 5) is 73.6. The zero-order chi connectivity index (χ0) is 38.5. The summed E-state index contributed by atoms with van der Waals surface area (Å²) in [6, 6.07) is 7.12. The molecule has 0 unspecified atom stereocenters. The Hall–Kier alpha value is -7.48. The third-order valence-electron chi connectivity index (χ3n) is 7.06. The first-order chi connectivity index (χ1) is 26.0. The van der Waals surface area contributed by atoms with Crippen molar-refractivity contribution in [1.29, 1.82) is 0 Å². The summed E-state index contributed by atoms with van der Waals surface area (Å²) in [5, 5.41) is 10.9. The number of hydrogen-bond acceptors (Lipinski definition) is 10. The molecular weight excluding hydrogens is 685 g/mol.